The van der Waals surface area contributed by atoms with Crippen molar-refractivity contribution in [3.8, 4) is 0 Å². The normalized spacial score (nSPS) is 10.8. The number of thiazole rings is 1. The van der Waals surface area contributed by atoms with Crippen molar-refractivity contribution in [3.63, 3.8) is 0 Å². The van der Waals surface area contributed by atoms with Gasteiger partial charge in [0.05, 0.1) is 4.92 Å². The molecule has 25 heavy (non-hydrogen) atoms. The Morgan fingerprint density at radius 1 is 1.36 bits per heavy atom. The van der Waals surface area contributed by atoms with E-state index in [1.54, 1.807) is 6.92 Å². The number of nitro benzene ring substituents is 1. The molecule has 1 aromatic carbocycles. The lowest BCUT2D eigenvalue weighted by molar-refractivity contribution is -0.384. The smallest absolute Gasteiger partial charge is 0.269 e. The Labute approximate surface area is 145 Å². The zero-order chi connectivity index (χ0) is 18.0. The average molecular weight is 358 g/mol. The van der Waals surface area contributed by atoms with Gasteiger partial charge in [0.15, 0.2) is 4.96 Å². The zero-order valence-corrected chi connectivity index (χ0v) is 14.1. The predicted octanol–water partition coefficient (Wildman–Crippen LogP) is 1.95. The quantitative estimate of drug-likeness (QED) is 0.554. The Morgan fingerprint density at radius 3 is 2.76 bits per heavy atom. The van der Waals surface area contributed by atoms with Crippen LogP contribution in [0.2, 0.25) is 0 Å². The Balaban J connectivity index is 1.66. The molecule has 2 aromatic heterocycles. The lowest BCUT2D eigenvalue weighted by Crippen LogP contribution is -2.26. The fraction of sp³-hybridized carbons (Fsp3) is 0.188. The molecule has 0 saturated heterocycles. The number of aryl methyl sites for hydroxylation is 1. The molecule has 9 heteroatoms. The molecule has 0 unspecified atom stereocenters. The van der Waals surface area contributed by atoms with Crippen LogP contribution in [0.4, 0.5) is 5.69 Å². The van der Waals surface area contributed by atoms with Crippen molar-refractivity contribution >= 4 is 27.9 Å². The van der Waals surface area contributed by atoms with Crippen LogP contribution in [0, 0.1) is 17.0 Å². The lowest BCUT2D eigenvalue weighted by Gasteiger charge is -2.05. The molecule has 3 rings (SSSR count). The van der Waals surface area contributed by atoms with Gasteiger partial charge in [-0.2, -0.15) is 0 Å². The molecule has 0 saturated carbocycles. The van der Waals surface area contributed by atoms with E-state index in [2.05, 4.69) is 10.3 Å². The average Bonchev–Trinajstić information content (AvgIpc) is 2.98. The summed E-state index contributed by atoms with van der Waals surface area (Å²) in [6, 6.07) is 6.86. The van der Waals surface area contributed by atoms with Crippen LogP contribution in [0.5, 0.6) is 0 Å². The van der Waals surface area contributed by atoms with E-state index in [1.807, 2.05) is 5.38 Å². The summed E-state index contributed by atoms with van der Waals surface area (Å²) in [6.45, 7) is 2.10. The summed E-state index contributed by atoms with van der Waals surface area (Å²) in [6.07, 6.45) is 0.476. The van der Waals surface area contributed by atoms with Crippen molar-refractivity contribution < 1.29 is 9.72 Å². The molecular formula is C16H14N4O4S. The van der Waals surface area contributed by atoms with E-state index in [0.717, 1.165) is 5.69 Å². The first-order chi connectivity index (χ1) is 12.0. The van der Waals surface area contributed by atoms with Crippen LogP contribution in [0.1, 0.15) is 21.7 Å². The van der Waals surface area contributed by atoms with E-state index in [9.17, 15) is 19.7 Å². The maximum Gasteiger partial charge on any atom is 0.269 e. The van der Waals surface area contributed by atoms with Gasteiger partial charge in [0.1, 0.15) is 0 Å². The first-order valence-corrected chi connectivity index (χ1v) is 8.33. The summed E-state index contributed by atoms with van der Waals surface area (Å²) < 4.78 is 1.54. The number of rotatable bonds is 5. The number of carbonyl (C=O) groups is 1. The monoisotopic (exact) mass is 358 g/mol. The zero-order valence-electron chi connectivity index (χ0n) is 13.3. The minimum atomic E-state index is -0.517. The Bertz CT molecular complexity index is 1010. The highest BCUT2D eigenvalue weighted by Crippen LogP contribution is 2.14. The summed E-state index contributed by atoms with van der Waals surface area (Å²) >= 11 is 1.38. The molecule has 8 nitrogen and oxygen atoms in total. The van der Waals surface area contributed by atoms with Gasteiger partial charge in [-0.15, -0.1) is 11.3 Å². The SMILES string of the molecule is Cc1cc(=O)n2c(CCNC(=O)c3ccc([N+](=O)[O-])cc3)csc2n1. The van der Waals surface area contributed by atoms with Crippen molar-refractivity contribution in [2.75, 3.05) is 6.54 Å². The number of nitro groups is 1. The molecule has 0 aliphatic heterocycles. The lowest BCUT2D eigenvalue weighted by atomic mass is 10.2. The van der Waals surface area contributed by atoms with Crippen molar-refractivity contribution in [1.82, 2.24) is 14.7 Å². The molecule has 0 bridgehead atoms. The van der Waals surface area contributed by atoms with Gasteiger partial charge < -0.3 is 5.32 Å². The fourth-order valence-corrected chi connectivity index (χ4v) is 3.37. The van der Waals surface area contributed by atoms with Gasteiger partial charge in [-0.3, -0.25) is 24.1 Å². The van der Waals surface area contributed by atoms with Gasteiger partial charge >= 0.3 is 0 Å². The molecule has 0 atom stereocenters. The van der Waals surface area contributed by atoms with Crippen molar-refractivity contribution in [2.24, 2.45) is 0 Å². The number of fused-ring (bicyclic) bond motifs is 1. The van der Waals surface area contributed by atoms with Crippen LogP contribution in [0.15, 0.2) is 40.5 Å². The standard InChI is InChI=1S/C16H14N4O4S/c1-10-8-14(21)19-13(9-25-16(19)18-10)6-7-17-15(22)11-2-4-12(5-3-11)20(23)24/h2-5,8-9H,6-7H2,1H3,(H,17,22). The van der Waals surface area contributed by atoms with Gasteiger partial charge in [0.25, 0.3) is 17.2 Å². The molecule has 1 amide bonds. The Kier molecular flexibility index (Phi) is 4.57. The second kappa shape index (κ2) is 6.81. The van der Waals surface area contributed by atoms with E-state index < -0.39 is 4.92 Å². The minimum Gasteiger partial charge on any atom is -0.352 e. The van der Waals surface area contributed by atoms with Crippen molar-refractivity contribution in [1.29, 1.82) is 0 Å². The third kappa shape index (κ3) is 3.56. The Hall–Kier alpha value is -3.07. The molecule has 3 aromatic rings. The van der Waals surface area contributed by atoms with E-state index in [-0.39, 0.29) is 17.2 Å². The highest BCUT2D eigenvalue weighted by atomic mass is 32.1. The number of non-ortho nitro benzene ring substituents is 1. The van der Waals surface area contributed by atoms with Gasteiger partial charge in [0.2, 0.25) is 0 Å². The first-order valence-electron chi connectivity index (χ1n) is 7.45. The van der Waals surface area contributed by atoms with Gasteiger partial charge in [-0.05, 0) is 19.1 Å². The van der Waals surface area contributed by atoms with Crippen molar-refractivity contribution in [2.45, 2.75) is 13.3 Å². The molecule has 0 fully saturated rings. The minimum absolute atomic E-state index is 0.0662. The van der Waals surface area contributed by atoms with Gasteiger partial charge in [-0.25, -0.2) is 4.98 Å². The maximum atomic E-state index is 12.1. The predicted molar refractivity (Wildman–Crippen MR) is 93.2 cm³/mol. The summed E-state index contributed by atoms with van der Waals surface area (Å²) in [4.78, 5) is 39.2. The van der Waals surface area contributed by atoms with Crippen LogP contribution in [0.25, 0.3) is 4.96 Å². The molecule has 1 N–H and O–H groups in total. The second-order valence-electron chi connectivity index (χ2n) is 5.39. The van der Waals surface area contributed by atoms with E-state index in [0.29, 0.717) is 29.2 Å². The summed E-state index contributed by atoms with van der Waals surface area (Å²) in [5.41, 5.74) is 1.59. The largest absolute Gasteiger partial charge is 0.352 e. The first kappa shape index (κ1) is 16.8. The molecular weight excluding hydrogens is 344 g/mol. The number of hydrogen-bond acceptors (Lipinski definition) is 6. The topological polar surface area (TPSA) is 107 Å². The molecule has 0 aliphatic carbocycles. The molecule has 128 valence electrons. The molecule has 0 spiro atoms. The number of aromatic nitrogens is 2. The van der Waals surface area contributed by atoms with Crippen LogP contribution >= 0.6 is 11.3 Å². The summed E-state index contributed by atoms with van der Waals surface area (Å²) in [5, 5.41) is 15.2. The summed E-state index contributed by atoms with van der Waals surface area (Å²) in [7, 11) is 0. The summed E-state index contributed by atoms with van der Waals surface area (Å²) in [5.74, 6) is -0.323. The van der Waals surface area contributed by atoms with Crippen LogP contribution in [0.3, 0.4) is 0 Å². The molecule has 0 aliphatic rings. The van der Waals surface area contributed by atoms with Crippen LogP contribution in [-0.4, -0.2) is 26.8 Å². The molecule has 0 radical (unpaired) electrons. The number of hydrogen-bond donors (Lipinski definition) is 1. The highest BCUT2D eigenvalue weighted by Gasteiger charge is 2.11. The van der Waals surface area contributed by atoms with Crippen LogP contribution < -0.4 is 10.9 Å². The fourth-order valence-electron chi connectivity index (χ4n) is 2.40. The Morgan fingerprint density at radius 2 is 2.08 bits per heavy atom. The van der Waals surface area contributed by atoms with E-state index in [1.165, 1.54) is 46.1 Å². The van der Waals surface area contributed by atoms with Gasteiger partial charge in [0, 0.05) is 53.5 Å². The molecule has 2 heterocycles. The third-order valence-electron chi connectivity index (χ3n) is 3.61. The number of benzene rings is 1. The van der Waals surface area contributed by atoms with E-state index in [4.69, 9.17) is 0 Å². The van der Waals surface area contributed by atoms with Crippen molar-refractivity contribution in [3.05, 3.63) is 73.1 Å². The number of carbonyl (C=O) groups excluding carboxylic acids is 1. The van der Waals surface area contributed by atoms with E-state index >= 15 is 0 Å². The highest BCUT2D eigenvalue weighted by molar-refractivity contribution is 7.15. The number of nitrogens with zero attached hydrogens (tertiary/aromatic N) is 3. The number of amides is 1. The maximum absolute atomic E-state index is 12.1. The number of nitrogens with one attached hydrogen (secondary N) is 1. The van der Waals surface area contributed by atoms with Crippen LogP contribution in [-0.2, 0) is 6.42 Å². The third-order valence-corrected chi connectivity index (χ3v) is 4.49. The van der Waals surface area contributed by atoms with Gasteiger partial charge in [-0.1, -0.05) is 0 Å². The second-order valence-corrected chi connectivity index (χ2v) is 6.23.